The van der Waals surface area contributed by atoms with Gasteiger partial charge in [0.25, 0.3) is 0 Å². The second-order valence-corrected chi connectivity index (χ2v) is 7.76. The van der Waals surface area contributed by atoms with Crippen molar-refractivity contribution in [3.05, 3.63) is 23.3 Å². The van der Waals surface area contributed by atoms with E-state index in [0.29, 0.717) is 25.0 Å². The average Bonchev–Trinajstić information content (AvgIpc) is 3.04. The average molecular weight is 333 g/mol. The third kappa shape index (κ3) is 1.26. The Kier molecular flexibility index (Phi) is 2.65. The summed E-state index contributed by atoms with van der Waals surface area (Å²) in [6, 6.07) is 3.69. The molecule has 5 rings (SSSR count). The molecular weight excluding hydrogens is 310 g/mol. The van der Waals surface area contributed by atoms with Gasteiger partial charge < -0.3 is 24.8 Å². The van der Waals surface area contributed by atoms with Crippen LogP contribution in [0.5, 0.6) is 11.5 Å². The van der Waals surface area contributed by atoms with Crippen LogP contribution >= 0.6 is 0 Å². The highest BCUT2D eigenvalue weighted by atomic mass is 16.7. The van der Waals surface area contributed by atoms with E-state index in [9.17, 15) is 15.3 Å². The summed E-state index contributed by atoms with van der Waals surface area (Å²) in [6.07, 6.45) is 1.37. The quantitative estimate of drug-likeness (QED) is 0.712. The number of nitrogens with zero attached hydrogens (tertiary/aromatic N) is 1. The molecule has 6 heteroatoms. The van der Waals surface area contributed by atoms with Crippen LogP contribution < -0.4 is 4.74 Å². The summed E-state index contributed by atoms with van der Waals surface area (Å²) in [4.78, 5) is 2.14. The molecule has 1 spiro atoms. The van der Waals surface area contributed by atoms with Gasteiger partial charge >= 0.3 is 0 Å². The summed E-state index contributed by atoms with van der Waals surface area (Å²) in [7, 11) is 3.53. The highest BCUT2D eigenvalue weighted by Gasteiger charge is 2.80. The van der Waals surface area contributed by atoms with Crippen molar-refractivity contribution in [1.29, 1.82) is 0 Å². The van der Waals surface area contributed by atoms with E-state index >= 15 is 0 Å². The van der Waals surface area contributed by atoms with Gasteiger partial charge in [0.2, 0.25) is 5.79 Å². The number of rotatable bonds is 1. The first-order chi connectivity index (χ1) is 11.4. The summed E-state index contributed by atoms with van der Waals surface area (Å²) < 4.78 is 11.4. The van der Waals surface area contributed by atoms with Gasteiger partial charge in [-0.15, -0.1) is 0 Å². The van der Waals surface area contributed by atoms with Gasteiger partial charge in [0.1, 0.15) is 6.10 Å². The molecule has 1 aromatic rings. The lowest BCUT2D eigenvalue weighted by Crippen LogP contribution is -2.73. The van der Waals surface area contributed by atoms with Crippen LogP contribution in [0.2, 0.25) is 0 Å². The Labute approximate surface area is 140 Å². The van der Waals surface area contributed by atoms with E-state index in [2.05, 4.69) is 4.90 Å². The summed E-state index contributed by atoms with van der Waals surface area (Å²) in [5, 5.41) is 33.0. The lowest BCUT2D eigenvalue weighted by Gasteiger charge is -2.58. The summed E-state index contributed by atoms with van der Waals surface area (Å²) >= 11 is 0. The summed E-state index contributed by atoms with van der Waals surface area (Å²) in [5.74, 6) is -1.01. The van der Waals surface area contributed by atoms with Gasteiger partial charge in [-0.3, -0.25) is 4.90 Å². The van der Waals surface area contributed by atoms with Crippen LogP contribution in [0.25, 0.3) is 0 Å². The molecule has 3 fully saturated rings. The molecular formula is C18H23NO5. The molecule has 6 nitrogen and oxygen atoms in total. The standard InChI is InChI=1S/C18H23NO5/c1-19-8-7-16-6-5-13(20)18(22)17(16,19)9-12(24-18)10-3-4-11(23-2)15(21)14(10)16/h3-4,12-13,20-22H,5-9H2,1-2H3/t12-,13+,16+,17-,18-/m0/s1. The van der Waals surface area contributed by atoms with Crippen molar-refractivity contribution in [1.82, 2.24) is 4.90 Å². The highest BCUT2D eigenvalue weighted by molar-refractivity contribution is 5.60. The molecule has 1 aromatic carbocycles. The number of likely N-dealkylation sites (tertiary alicyclic amines) is 1. The van der Waals surface area contributed by atoms with Crippen LogP contribution in [0.4, 0.5) is 0 Å². The van der Waals surface area contributed by atoms with Crippen molar-refractivity contribution in [2.24, 2.45) is 0 Å². The van der Waals surface area contributed by atoms with Gasteiger partial charge in [0.15, 0.2) is 11.5 Å². The number of aliphatic hydroxyl groups is 2. The van der Waals surface area contributed by atoms with E-state index in [0.717, 1.165) is 24.1 Å². The third-order valence-corrected chi connectivity index (χ3v) is 7.23. The monoisotopic (exact) mass is 333 g/mol. The Balaban J connectivity index is 1.87. The molecule has 2 bridgehead atoms. The van der Waals surface area contributed by atoms with Gasteiger partial charge in [-0.05, 0) is 44.5 Å². The van der Waals surface area contributed by atoms with Gasteiger partial charge in [-0.25, -0.2) is 0 Å². The molecule has 24 heavy (non-hydrogen) atoms. The van der Waals surface area contributed by atoms with Gasteiger partial charge in [0, 0.05) is 17.4 Å². The number of phenolic OH excluding ortho intramolecular Hbond substituents is 1. The first-order valence-electron chi connectivity index (χ1n) is 8.61. The minimum absolute atomic E-state index is 0.156. The summed E-state index contributed by atoms with van der Waals surface area (Å²) in [6.45, 7) is 0.793. The van der Waals surface area contributed by atoms with E-state index in [1.807, 2.05) is 13.1 Å². The minimum atomic E-state index is -1.61. The molecule has 4 aliphatic rings. The minimum Gasteiger partial charge on any atom is -0.504 e. The molecule has 2 heterocycles. The first-order valence-corrected chi connectivity index (χ1v) is 8.61. The van der Waals surface area contributed by atoms with E-state index in [1.54, 1.807) is 13.2 Å². The Hall–Kier alpha value is -1.34. The molecule has 2 aliphatic carbocycles. The number of fused-ring (bicyclic) bond motifs is 3. The largest absolute Gasteiger partial charge is 0.504 e. The third-order valence-electron chi connectivity index (χ3n) is 7.23. The lowest BCUT2D eigenvalue weighted by molar-refractivity contribution is -0.305. The maximum atomic E-state index is 11.4. The van der Waals surface area contributed by atoms with Crippen LogP contribution in [-0.4, -0.2) is 58.4 Å². The Morgan fingerprint density at radius 2 is 2.12 bits per heavy atom. The van der Waals surface area contributed by atoms with E-state index in [4.69, 9.17) is 9.47 Å². The number of benzene rings is 1. The van der Waals surface area contributed by atoms with Crippen molar-refractivity contribution in [2.45, 2.75) is 54.6 Å². The first kappa shape index (κ1) is 15.0. The molecule has 0 aromatic heterocycles. The molecule has 5 atom stereocenters. The fourth-order valence-corrected chi connectivity index (χ4v) is 6.28. The Morgan fingerprint density at radius 1 is 1.33 bits per heavy atom. The normalized spacial score (nSPS) is 45.8. The van der Waals surface area contributed by atoms with Crippen LogP contribution in [0.3, 0.4) is 0 Å². The number of ether oxygens (including phenoxy) is 2. The molecule has 1 saturated carbocycles. The number of methoxy groups -OCH3 is 1. The number of likely N-dealkylation sites (N-methyl/N-ethyl adjacent to an activating group) is 1. The molecule has 3 N–H and O–H groups in total. The zero-order valence-corrected chi connectivity index (χ0v) is 14.0. The zero-order chi connectivity index (χ0) is 16.9. The molecule has 0 radical (unpaired) electrons. The van der Waals surface area contributed by atoms with E-state index < -0.39 is 22.8 Å². The van der Waals surface area contributed by atoms with Crippen molar-refractivity contribution in [2.75, 3.05) is 20.7 Å². The topological polar surface area (TPSA) is 82.4 Å². The SMILES string of the molecule is COc1ccc2c(c1O)[C@]13CC[C@@H](O)[C@]4(O)O[C@H]2C[C@]14N(C)CC3. The predicted molar refractivity (Wildman–Crippen MR) is 84.9 cm³/mol. The Bertz CT molecular complexity index is 738. The van der Waals surface area contributed by atoms with Gasteiger partial charge in [-0.1, -0.05) is 6.07 Å². The number of phenols is 1. The molecule has 2 aliphatic heterocycles. The van der Waals surface area contributed by atoms with Crippen LogP contribution in [0.1, 0.15) is 42.9 Å². The number of hydrogen-bond donors (Lipinski definition) is 3. The Morgan fingerprint density at radius 3 is 2.88 bits per heavy atom. The summed E-state index contributed by atoms with van der Waals surface area (Å²) in [5.41, 5.74) is 0.630. The number of hydrogen-bond acceptors (Lipinski definition) is 6. The second-order valence-electron chi connectivity index (χ2n) is 7.76. The predicted octanol–water partition coefficient (Wildman–Crippen LogP) is 1.03. The van der Waals surface area contributed by atoms with Crippen molar-refractivity contribution in [3.8, 4) is 11.5 Å². The van der Waals surface area contributed by atoms with E-state index in [-0.39, 0.29) is 11.9 Å². The smallest absolute Gasteiger partial charge is 0.212 e. The number of aromatic hydroxyl groups is 1. The fraction of sp³-hybridized carbons (Fsp3) is 0.667. The van der Waals surface area contributed by atoms with Crippen molar-refractivity contribution >= 4 is 0 Å². The van der Waals surface area contributed by atoms with E-state index in [1.165, 1.54) is 0 Å². The van der Waals surface area contributed by atoms with Crippen LogP contribution in [-0.2, 0) is 10.2 Å². The number of aliphatic hydroxyl groups excluding tert-OH is 1. The molecule has 2 saturated heterocycles. The molecule has 130 valence electrons. The second kappa shape index (κ2) is 4.25. The van der Waals surface area contributed by atoms with Gasteiger partial charge in [0.05, 0.1) is 18.8 Å². The highest BCUT2D eigenvalue weighted by Crippen LogP contribution is 2.72. The van der Waals surface area contributed by atoms with Crippen LogP contribution in [0, 0.1) is 0 Å². The van der Waals surface area contributed by atoms with Crippen molar-refractivity contribution < 1.29 is 24.8 Å². The molecule has 0 amide bonds. The zero-order valence-electron chi connectivity index (χ0n) is 14.0. The fourth-order valence-electron chi connectivity index (χ4n) is 6.28. The van der Waals surface area contributed by atoms with Crippen molar-refractivity contribution in [3.63, 3.8) is 0 Å². The lowest BCUT2D eigenvalue weighted by atomic mass is 9.51. The molecule has 0 unspecified atom stereocenters. The maximum Gasteiger partial charge on any atom is 0.212 e. The van der Waals surface area contributed by atoms with Crippen LogP contribution in [0.15, 0.2) is 12.1 Å². The van der Waals surface area contributed by atoms with Gasteiger partial charge in [-0.2, -0.15) is 0 Å². The maximum absolute atomic E-state index is 11.4.